The molecule has 1 fully saturated rings. The minimum absolute atomic E-state index is 0.114. The van der Waals surface area contributed by atoms with Crippen molar-refractivity contribution in [2.45, 2.75) is 12.9 Å². The fourth-order valence-electron chi connectivity index (χ4n) is 2.18. The van der Waals surface area contributed by atoms with E-state index in [1.807, 2.05) is 24.3 Å². The fraction of sp³-hybridized carbons (Fsp3) is 0.222. The van der Waals surface area contributed by atoms with E-state index >= 15 is 0 Å². The zero-order chi connectivity index (χ0) is 16.1. The Morgan fingerprint density at radius 2 is 1.65 bits per heavy atom. The Hall–Kier alpha value is -2.42. The van der Waals surface area contributed by atoms with Crippen molar-refractivity contribution in [1.29, 1.82) is 0 Å². The molecule has 0 bridgehead atoms. The van der Waals surface area contributed by atoms with Crippen LogP contribution in [0, 0.1) is 11.8 Å². The van der Waals surface area contributed by atoms with Crippen LogP contribution in [0.15, 0.2) is 48.5 Å². The van der Waals surface area contributed by atoms with Crippen LogP contribution in [0.25, 0.3) is 0 Å². The summed E-state index contributed by atoms with van der Waals surface area (Å²) in [5.74, 6) is 6.13. The van der Waals surface area contributed by atoms with E-state index in [0.717, 1.165) is 11.1 Å². The lowest BCUT2D eigenvalue weighted by Gasteiger charge is -2.08. The minimum Gasteiger partial charge on any atom is -0.435 e. The third-order valence-corrected chi connectivity index (χ3v) is 3.21. The molecule has 0 unspecified atom stereocenters. The second kappa shape index (κ2) is 7.23. The number of ether oxygens (including phenoxy) is 3. The fourth-order valence-corrected chi connectivity index (χ4v) is 2.18. The highest BCUT2D eigenvalue weighted by Gasteiger charge is 2.17. The summed E-state index contributed by atoms with van der Waals surface area (Å²) < 4.78 is 39.4. The van der Waals surface area contributed by atoms with Gasteiger partial charge in [0.25, 0.3) is 0 Å². The van der Waals surface area contributed by atoms with Gasteiger partial charge in [0.05, 0.1) is 13.2 Å². The molecule has 0 aromatic heterocycles. The number of halogens is 2. The van der Waals surface area contributed by atoms with E-state index in [9.17, 15) is 8.78 Å². The molecule has 0 aliphatic carbocycles. The monoisotopic (exact) mass is 316 g/mol. The molecule has 2 aromatic carbocycles. The van der Waals surface area contributed by atoms with E-state index in [0.29, 0.717) is 18.8 Å². The second-order valence-corrected chi connectivity index (χ2v) is 4.85. The molecule has 0 atom stereocenters. The normalized spacial score (nSPS) is 14.6. The SMILES string of the molecule is FC(F)Oc1ccc(C#Cc2cccc(C3OCCO3)c2)cc1. The lowest BCUT2D eigenvalue weighted by molar-refractivity contribution is -0.0498. The summed E-state index contributed by atoms with van der Waals surface area (Å²) in [6.45, 7) is -1.64. The number of benzene rings is 2. The Balaban J connectivity index is 1.72. The number of hydrogen-bond acceptors (Lipinski definition) is 3. The summed E-state index contributed by atoms with van der Waals surface area (Å²) in [6.07, 6.45) is -0.331. The van der Waals surface area contributed by atoms with Gasteiger partial charge in [-0.05, 0) is 36.4 Å². The molecule has 3 rings (SSSR count). The molecular weight excluding hydrogens is 302 g/mol. The van der Waals surface area contributed by atoms with Crippen molar-refractivity contribution in [2.24, 2.45) is 0 Å². The summed E-state index contributed by atoms with van der Waals surface area (Å²) in [7, 11) is 0. The topological polar surface area (TPSA) is 27.7 Å². The van der Waals surface area contributed by atoms with Crippen LogP contribution in [0.2, 0.25) is 0 Å². The van der Waals surface area contributed by atoms with Crippen molar-refractivity contribution in [1.82, 2.24) is 0 Å². The predicted molar refractivity (Wildman–Crippen MR) is 80.1 cm³/mol. The molecule has 1 saturated heterocycles. The number of alkyl halides is 2. The smallest absolute Gasteiger partial charge is 0.387 e. The second-order valence-electron chi connectivity index (χ2n) is 4.85. The molecule has 0 spiro atoms. The molecule has 1 heterocycles. The van der Waals surface area contributed by atoms with E-state index in [2.05, 4.69) is 16.6 Å². The molecule has 0 amide bonds. The summed E-state index contributed by atoms with van der Waals surface area (Å²) in [5, 5.41) is 0. The van der Waals surface area contributed by atoms with Gasteiger partial charge in [0, 0.05) is 16.7 Å². The van der Waals surface area contributed by atoms with Gasteiger partial charge in [-0.25, -0.2) is 0 Å². The summed E-state index contributed by atoms with van der Waals surface area (Å²) in [4.78, 5) is 0. The Morgan fingerprint density at radius 3 is 2.35 bits per heavy atom. The first-order valence-corrected chi connectivity index (χ1v) is 7.11. The first-order chi connectivity index (χ1) is 11.2. The van der Waals surface area contributed by atoms with Crippen LogP contribution in [0.5, 0.6) is 5.75 Å². The highest BCUT2D eigenvalue weighted by atomic mass is 19.3. The minimum atomic E-state index is -2.82. The van der Waals surface area contributed by atoms with E-state index in [1.54, 1.807) is 12.1 Å². The maximum Gasteiger partial charge on any atom is 0.387 e. The first-order valence-electron chi connectivity index (χ1n) is 7.11. The van der Waals surface area contributed by atoms with Crippen molar-refractivity contribution in [3.05, 3.63) is 65.2 Å². The van der Waals surface area contributed by atoms with Crippen molar-refractivity contribution in [3.63, 3.8) is 0 Å². The standard InChI is InChI=1S/C18H14F2O3/c19-18(20)23-16-8-6-13(7-9-16)4-5-14-2-1-3-15(12-14)17-21-10-11-22-17/h1-3,6-9,12,17-18H,10-11H2. The number of rotatable bonds is 3. The highest BCUT2D eigenvalue weighted by molar-refractivity contribution is 5.45. The van der Waals surface area contributed by atoms with Gasteiger partial charge in [-0.2, -0.15) is 8.78 Å². The predicted octanol–water partition coefficient (Wildman–Crippen LogP) is 3.73. The Kier molecular flexibility index (Phi) is 4.86. The van der Waals surface area contributed by atoms with Gasteiger partial charge in [-0.15, -0.1) is 0 Å². The molecule has 3 nitrogen and oxygen atoms in total. The highest BCUT2D eigenvalue weighted by Crippen LogP contribution is 2.23. The molecule has 5 heteroatoms. The van der Waals surface area contributed by atoms with Gasteiger partial charge in [-0.1, -0.05) is 24.0 Å². The van der Waals surface area contributed by atoms with E-state index < -0.39 is 6.61 Å². The molecule has 118 valence electrons. The molecule has 0 N–H and O–H groups in total. The number of hydrogen-bond donors (Lipinski definition) is 0. The molecule has 23 heavy (non-hydrogen) atoms. The van der Waals surface area contributed by atoms with Crippen molar-refractivity contribution in [2.75, 3.05) is 13.2 Å². The third kappa shape index (κ3) is 4.28. The zero-order valence-corrected chi connectivity index (χ0v) is 12.2. The van der Waals surface area contributed by atoms with Crippen LogP contribution < -0.4 is 4.74 Å². The van der Waals surface area contributed by atoms with Crippen LogP contribution in [0.4, 0.5) is 8.78 Å². The van der Waals surface area contributed by atoms with Crippen LogP contribution in [-0.2, 0) is 9.47 Å². The average molecular weight is 316 g/mol. The van der Waals surface area contributed by atoms with Crippen LogP contribution in [-0.4, -0.2) is 19.8 Å². The van der Waals surface area contributed by atoms with Crippen molar-refractivity contribution in [3.8, 4) is 17.6 Å². The van der Waals surface area contributed by atoms with Crippen LogP contribution in [0.3, 0.4) is 0 Å². The van der Waals surface area contributed by atoms with Gasteiger partial charge in [-0.3, -0.25) is 0 Å². The van der Waals surface area contributed by atoms with Crippen LogP contribution in [0.1, 0.15) is 23.0 Å². The van der Waals surface area contributed by atoms with E-state index in [-0.39, 0.29) is 12.0 Å². The van der Waals surface area contributed by atoms with Gasteiger partial charge in [0.15, 0.2) is 6.29 Å². The molecule has 1 aliphatic heterocycles. The van der Waals surface area contributed by atoms with Gasteiger partial charge < -0.3 is 14.2 Å². The summed E-state index contributed by atoms with van der Waals surface area (Å²) >= 11 is 0. The lowest BCUT2D eigenvalue weighted by Crippen LogP contribution is -2.01. The van der Waals surface area contributed by atoms with Crippen molar-refractivity contribution >= 4 is 0 Å². The van der Waals surface area contributed by atoms with Gasteiger partial charge in [0.2, 0.25) is 0 Å². The first kappa shape index (κ1) is 15.5. The zero-order valence-electron chi connectivity index (χ0n) is 12.2. The summed E-state index contributed by atoms with van der Waals surface area (Å²) in [5.41, 5.74) is 2.47. The molecular formula is C18H14F2O3. The van der Waals surface area contributed by atoms with E-state index in [1.165, 1.54) is 12.1 Å². The Morgan fingerprint density at radius 1 is 0.957 bits per heavy atom. The molecule has 0 saturated carbocycles. The Bertz CT molecular complexity index is 711. The Labute approximate surface area is 132 Å². The molecule has 1 aliphatic rings. The average Bonchev–Trinajstić information content (AvgIpc) is 3.08. The lowest BCUT2D eigenvalue weighted by atomic mass is 10.1. The maximum atomic E-state index is 12.1. The largest absolute Gasteiger partial charge is 0.435 e. The summed E-state index contributed by atoms with van der Waals surface area (Å²) in [6, 6.07) is 13.8. The third-order valence-electron chi connectivity index (χ3n) is 3.21. The van der Waals surface area contributed by atoms with Crippen molar-refractivity contribution < 1.29 is 23.0 Å². The van der Waals surface area contributed by atoms with Gasteiger partial charge in [0.1, 0.15) is 5.75 Å². The van der Waals surface area contributed by atoms with E-state index in [4.69, 9.17) is 9.47 Å². The quantitative estimate of drug-likeness (QED) is 0.808. The maximum absolute atomic E-state index is 12.1. The molecule has 0 radical (unpaired) electrons. The van der Waals surface area contributed by atoms with Crippen LogP contribution >= 0.6 is 0 Å². The molecule has 2 aromatic rings. The van der Waals surface area contributed by atoms with Gasteiger partial charge >= 0.3 is 6.61 Å².